The minimum atomic E-state index is -0.229. The van der Waals surface area contributed by atoms with Crippen molar-refractivity contribution in [1.82, 2.24) is 24.3 Å². The Morgan fingerprint density at radius 1 is 1.23 bits per heavy atom. The van der Waals surface area contributed by atoms with Gasteiger partial charge in [0.1, 0.15) is 22.9 Å². The number of methoxy groups -OCH3 is 1. The van der Waals surface area contributed by atoms with E-state index in [4.69, 9.17) is 15.5 Å². The van der Waals surface area contributed by atoms with E-state index >= 15 is 0 Å². The van der Waals surface area contributed by atoms with Gasteiger partial charge in [-0.2, -0.15) is 0 Å². The lowest BCUT2D eigenvalue weighted by atomic mass is 10.0. The number of piperidine rings is 1. The SMILES string of the molecule is CCc1cnc(NC(=O)c2ccc(-c3nc([C@@H]4CCCCN4C(=O)C=CCOC)n4ccnc(N)c34)cc2)s1. The van der Waals surface area contributed by atoms with Crippen molar-refractivity contribution in [3.63, 3.8) is 0 Å². The second-order valence-corrected chi connectivity index (χ2v) is 10.4. The number of aryl methyl sites for hydroxylation is 1. The lowest BCUT2D eigenvalue weighted by Crippen LogP contribution is -2.38. The van der Waals surface area contributed by atoms with Crippen molar-refractivity contribution >= 4 is 39.6 Å². The van der Waals surface area contributed by atoms with Gasteiger partial charge in [0, 0.05) is 54.3 Å². The number of thiazole rings is 1. The largest absolute Gasteiger partial charge is 0.382 e. The van der Waals surface area contributed by atoms with Crippen LogP contribution in [0.4, 0.5) is 10.9 Å². The van der Waals surface area contributed by atoms with Gasteiger partial charge in [-0.05, 0) is 37.8 Å². The quantitative estimate of drug-likeness (QED) is 0.312. The summed E-state index contributed by atoms with van der Waals surface area (Å²) in [6, 6.07) is 7.01. The summed E-state index contributed by atoms with van der Waals surface area (Å²) in [5, 5.41) is 3.44. The number of benzene rings is 1. The molecular formula is C28H31N7O3S. The first-order valence-electron chi connectivity index (χ1n) is 12.9. The molecule has 0 aliphatic carbocycles. The van der Waals surface area contributed by atoms with Crippen LogP contribution in [-0.2, 0) is 16.0 Å². The summed E-state index contributed by atoms with van der Waals surface area (Å²) < 4.78 is 6.98. The van der Waals surface area contributed by atoms with Crippen LogP contribution < -0.4 is 11.1 Å². The van der Waals surface area contributed by atoms with Crippen LogP contribution in [0.25, 0.3) is 16.8 Å². The first kappa shape index (κ1) is 26.5. The molecule has 1 fully saturated rings. The molecule has 0 unspecified atom stereocenters. The Bertz CT molecular complexity index is 1510. The highest BCUT2D eigenvalue weighted by Gasteiger charge is 2.31. The number of anilines is 2. The summed E-state index contributed by atoms with van der Waals surface area (Å²) in [6.45, 7) is 3.07. The van der Waals surface area contributed by atoms with Gasteiger partial charge in [-0.1, -0.05) is 25.1 Å². The molecule has 3 aromatic heterocycles. The van der Waals surface area contributed by atoms with Gasteiger partial charge in [0.05, 0.1) is 12.6 Å². The Kier molecular flexibility index (Phi) is 7.99. The lowest BCUT2D eigenvalue weighted by Gasteiger charge is -2.34. The van der Waals surface area contributed by atoms with E-state index in [9.17, 15) is 9.59 Å². The number of hydrogen-bond acceptors (Lipinski definition) is 8. The number of hydrogen-bond donors (Lipinski definition) is 2. The number of carbonyl (C=O) groups is 2. The number of fused-ring (bicyclic) bond motifs is 1. The van der Waals surface area contributed by atoms with Crippen molar-refractivity contribution < 1.29 is 14.3 Å². The number of ether oxygens (including phenoxy) is 1. The van der Waals surface area contributed by atoms with Crippen LogP contribution in [0.1, 0.15) is 53.3 Å². The monoisotopic (exact) mass is 545 g/mol. The first-order chi connectivity index (χ1) is 19.0. The van der Waals surface area contributed by atoms with Gasteiger partial charge in [-0.3, -0.25) is 19.3 Å². The second-order valence-electron chi connectivity index (χ2n) is 9.27. The molecule has 0 saturated carbocycles. The molecule has 39 heavy (non-hydrogen) atoms. The standard InChI is InChI=1S/C28H31N7O3S/c1-3-20-17-31-28(39-20)33-27(37)19-11-9-18(10-12-19)23-24-25(29)30-13-15-35(24)26(32-23)21-7-4-5-14-34(21)22(36)8-6-16-38-2/h6,8-13,15,17,21H,3-5,7,14,16H2,1-2H3,(H2,29,30)(H,31,33,37)/t21-/m0/s1. The molecule has 4 aromatic rings. The molecule has 10 nitrogen and oxygen atoms in total. The molecule has 1 saturated heterocycles. The number of amides is 2. The van der Waals surface area contributed by atoms with Gasteiger partial charge in [0.15, 0.2) is 5.13 Å². The van der Waals surface area contributed by atoms with Crippen molar-refractivity contribution in [2.45, 2.75) is 38.6 Å². The molecule has 5 rings (SSSR count). The van der Waals surface area contributed by atoms with Crippen molar-refractivity contribution in [2.24, 2.45) is 0 Å². The molecule has 0 radical (unpaired) electrons. The summed E-state index contributed by atoms with van der Waals surface area (Å²) in [6.07, 6.45) is 12.1. The maximum Gasteiger partial charge on any atom is 0.257 e. The van der Waals surface area contributed by atoms with Gasteiger partial charge < -0.3 is 15.4 Å². The molecule has 0 bridgehead atoms. The number of rotatable bonds is 8. The van der Waals surface area contributed by atoms with Crippen LogP contribution in [-0.4, -0.2) is 56.3 Å². The van der Waals surface area contributed by atoms with Gasteiger partial charge in [-0.15, -0.1) is 11.3 Å². The van der Waals surface area contributed by atoms with E-state index in [1.807, 2.05) is 27.6 Å². The Hall–Kier alpha value is -4.09. The lowest BCUT2D eigenvalue weighted by molar-refractivity contribution is -0.130. The Morgan fingerprint density at radius 2 is 2.05 bits per heavy atom. The van der Waals surface area contributed by atoms with Gasteiger partial charge >= 0.3 is 0 Å². The van der Waals surface area contributed by atoms with Crippen LogP contribution in [0.3, 0.4) is 0 Å². The van der Waals surface area contributed by atoms with Gasteiger partial charge in [0.2, 0.25) is 5.91 Å². The van der Waals surface area contributed by atoms with E-state index < -0.39 is 0 Å². The zero-order valence-corrected chi connectivity index (χ0v) is 22.8. The number of nitrogens with zero attached hydrogens (tertiary/aromatic N) is 5. The normalized spacial score (nSPS) is 15.7. The van der Waals surface area contributed by atoms with Crippen LogP contribution in [0, 0.1) is 0 Å². The fourth-order valence-corrected chi connectivity index (χ4v) is 5.55. The molecule has 2 amide bonds. The highest BCUT2D eigenvalue weighted by Crippen LogP contribution is 2.36. The molecule has 3 N–H and O–H groups in total. The molecule has 1 aromatic carbocycles. The first-order valence-corrected chi connectivity index (χ1v) is 13.8. The maximum absolute atomic E-state index is 13.1. The van der Waals surface area contributed by atoms with Crippen molar-refractivity contribution in [3.8, 4) is 11.3 Å². The number of nitrogens with two attached hydrogens (primary N) is 1. The van der Waals surface area contributed by atoms with Crippen molar-refractivity contribution in [1.29, 1.82) is 0 Å². The average molecular weight is 546 g/mol. The van der Waals surface area contributed by atoms with E-state index in [1.165, 1.54) is 11.3 Å². The van der Waals surface area contributed by atoms with Crippen LogP contribution >= 0.6 is 11.3 Å². The third-order valence-electron chi connectivity index (χ3n) is 6.76. The van der Waals surface area contributed by atoms with Crippen molar-refractivity contribution in [3.05, 3.63) is 71.3 Å². The van der Waals surface area contributed by atoms with Crippen LogP contribution in [0.5, 0.6) is 0 Å². The molecule has 1 aliphatic heterocycles. The second kappa shape index (κ2) is 11.7. The molecule has 4 heterocycles. The number of likely N-dealkylation sites (tertiary alicyclic amines) is 1. The number of nitrogens with one attached hydrogen (secondary N) is 1. The van der Waals surface area contributed by atoms with Crippen molar-refractivity contribution in [2.75, 3.05) is 31.3 Å². The minimum absolute atomic E-state index is 0.0706. The van der Waals surface area contributed by atoms with E-state index in [0.29, 0.717) is 40.9 Å². The molecule has 1 aliphatic rings. The molecule has 1 atom stereocenters. The summed E-state index contributed by atoms with van der Waals surface area (Å²) in [5.74, 6) is 0.781. The highest BCUT2D eigenvalue weighted by atomic mass is 32.1. The molecule has 0 spiro atoms. The fourth-order valence-electron chi connectivity index (χ4n) is 4.81. The third kappa shape index (κ3) is 5.55. The molecular weight excluding hydrogens is 514 g/mol. The van der Waals surface area contributed by atoms with E-state index in [-0.39, 0.29) is 17.9 Å². The zero-order chi connectivity index (χ0) is 27.4. The van der Waals surface area contributed by atoms with Crippen LogP contribution in [0.15, 0.2) is 55.0 Å². The number of nitrogen functional groups attached to an aromatic ring is 1. The summed E-state index contributed by atoms with van der Waals surface area (Å²) in [5.41, 5.74) is 8.98. The maximum atomic E-state index is 13.1. The number of imidazole rings is 1. The fraction of sp³-hybridized carbons (Fsp3) is 0.321. The van der Waals surface area contributed by atoms with E-state index in [2.05, 4.69) is 22.2 Å². The van der Waals surface area contributed by atoms with Crippen LogP contribution in [0.2, 0.25) is 0 Å². The minimum Gasteiger partial charge on any atom is -0.382 e. The van der Waals surface area contributed by atoms with E-state index in [0.717, 1.165) is 41.9 Å². The summed E-state index contributed by atoms with van der Waals surface area (Å²) in [4.78, 5) is 42.4. The van der Waals surface area contributed by atoms with Gasteiger partial charge in [0.25, 0.3) is 5.91 Å². The molecule has 11 heteroatoms. The highest BCUT2D eigenvalue weighted by molar-refractivity contribution is 7.15. The number of aromatic nitrogens is 4. The third-order valence-corrected chi connectivity index (χ3v) is 7.82. The Balaban J connectivity index is 1.46. The zero-order valence-electron chi connectivity index (χ0n) is 22.0. The van der Waals surface area contributed by atoms with E-state index in [1.54, 1.807) is 43.8 Å². The topological polar surface area (TPSA) is 128 Å². The Labute approximate surface area is 230 Å². The average Bonchev–Trinajstić information content (AvgIpc) is 3.58. The summed E-state index contributed by atoms with van der Waals surface area (Å²) >= 11 is 1.47. The molecule has 202 valence electrons. The van der Waals surface area contributed by atoms with Gasteiger partial charge in [-0.25, -0.2) is 15.0 Å². The predicted molar refractivity (Wildman–Crippen MR) is 152 cm³/mol. The predicted octanol–water partition coefficient (Wildman–Crippen LogP) is 4.51. The number of carbonyl (C=O) groups excluding carboxylic acids is 2. The summed E-state index contributed by atoms with van der Waals surface area (Å²) in [7, 11) is 1.59. The smallest absolute Gasteiger partial charge is 0.257 e. The Morgan fingerprint density at radius 3 is 2.79 bits per heavy atom.